The largest absolute Gasteiger partial charge is 0.481 e. The molecule has 2 N–H and O–H groups in total. The zero-order valence-electron chi connectivity index (χ0n) is 10.2. The van der Waals surface area contributed by atoms with Crippen LogP contribution in [0.1, 0.15) is 24.5 Å². The third-order valence-corrected chi connectivity index (χ3v) is 3.89. The molecule has 0 spiro atoms. The van der Waals surface area contributed by atoms with Gasteiger partial charge in [-0.25, -0.2) is 13.1 Å². The Morgan fingerprint density at radius 2 is 1.89 bits per heavy atom. The molecule has 0 saturated carbocycles. The number of carboxylic acid groups (broad SMARTS) is 1. The molecule has 0 atom stereocenters. The zero-order valence-corrected chi connectivity index (χ0v) is 11.0. The average molecular weight is 271 g/mol. The summed E-state index contributed by atoms with van der Waals surface area (Å²) in [5.41, 5.74) is 2.00. The fraction of sp³-hybridized carbons (Fsp3) is 0.417. The number of nitrogens with one attached hydrogen (secondary N) is 1. The van der Waals surface area contributed by atoms with Crippen LogP contribution in [0.4, 0.5) is 0 Å². The van der Waals surface area contributed by atoms with E-state index in [1.807, 2.05) is 31.2 Å². The van der Waals surface area contributed by atoms with Crippen molar-refractivity contribution < 1.29 is 18.3 Å². The van der Waals surface area contributed by atoms with Gasteiger partial charge in [0.2, 0.25) is 10.0 Å². The first-order valence-corrected chi connectivity index (χ1v) is 7.35. The second-order valence-electron chi connectivity index (χ2n) is 3.91. The Morgan fingerprint density at radius 1 is 1.28 bits per heavy atom. The van der Waals surface area contributed by atoms with Gasteiger partial charge in [0.25, 0.3) is 0 Å². The fourth-order valence-corrected chi connectivity index (χ4v) is 2.52. The van der Waals surface area contributed by atoms with Crippen LogP contribution in [0.25, 0.3) is 0 Å². The summed E-state index contributed by atoms with van der Waals surface area (Å²) in [7, 11) is -3.53. The smallest absolute Gasteiger partial charge is 0.304 e. The molecule has 0 unspecified atom stereocenters. The van der Waals surface area contributed by atoms with Gasteiger partial charge in [-0.3, -0.25) is 4.79 Å². The highest BCUT2D eigenvalue weighted by atomic mass is 32.2. The molecule has 0 aromatic heterocycles. The molecule has 100 valence electrons. The summed E-state index contributed by atoms with van der Waals surface area (Å²) < 4.78 is 25.5. The molecular formula is C12H17NO4S. The third-order valence-electron chi connectivity index (χ3n) is 2.57. The molecule has 0 aliphatic rings. The Labute approximate surface area is 107 Å². The quantitative estimate of drug-likeness (QED) is 0.779. The molecule has 1 aromatic carbocycles. The normalized spacial score (nSPS) is 11.4. The topological polar surface area (TPSA) is 83.5 Å². The molecule has 1 rings (SSSR count). The minimum absolute atomic E-state index is 0.200. The van der Waals surface area contributed by atoms with Crippen molar-refractivity contribution in [3.05, 3.63) is 35.4 Å². The van der Waals surface area contributed by atoms with Crippen LogP contribution in [0.5, 0.6) is 0 Å². The number of aliphatic carboxylic acids is 1. The first-order chi connectivity index (χ1) is 8.44. The fourth-order valence-electron chi connectivity index (χ4n) is 1.56. The van der Waals surface area contributed by atoms with Crippen molar-refractivity contribution in [2.24, 2.45) is 0 Å². The molecule has 0 saturated heterocycles. The molecular weight excluding hydrogens is 254 g/mol. The summed E-state index contributed by atoms with van der Waals surface area (Å²) in [5.74, 6) is -1.51. The Balaban J connectivity index is 2.61. The van der Waals surface area contributed by atoms with E-state index in [9.17, 15) is 13.2 Å². The molecule has 5 nitrogen and oxygen atoms in total. The van der Waals surface area contributed by atoms with Crippen LogP contribution >= 0.6 is 0 Å². The molecule has 0 aliphatic carbocycles. The van der Waals surface area contributed by atoms with E-state index < -0.39 is 21.7 Å². The van der Waals surface area contributed by atoms with E-state index in [1.165, 1.54) is 0 Å². The van der Waals surface area contributed by atoms with Gasteiger partial charge >= 0.3 is 5.97 Å². The molecule has 6 heteroatoms. The van der Waals surface area contributed by atoms with Crippen LogP contribution in [-0.4, -0.2) is 25.2 Å². The van der Waals surface area contributed by atoms with Crippen LogP contribution in [-0.2, 0) is 27.8 Å². The van der Waals surface area contributed by atoms with Crippen LogP contribution < -0.4 is 4.72 Å². The third kappa shape index (κ3) is 4.85. The van der Waals surface area contributed by atoms with Crippen LogP contribution in [0, 0.1) is 0 Å². The predicted molar refractivity (Wildman–Crippen MR) is 68.7 cm³/mol. The lowest BCUT2D eigenvalue weighted by molar-refractivity contribution is -0.136. The number of aryl methyl sites for hydroxylation is 1. The monoisotopic (exact) mass is 271 g/mol. The van der Waals surface area contributed by atoms with E-state index in [-0.39, 0.29) is 13.0 Å². The van der Waals surface area contributed by atoms with Crippen molar-refractivity contribution in [1.82, 2.24) is 4.72 Å². The molecule has 18 heavy (non-hydrogen) atoms. The summed E-state index contributed by atoms with van der Waals surface area (Å²) in [6.45, 7) is 2.20. The molecule has 0 fully saturated rings. The van der Waals surface area contributed by atoms with Gasteiger partial charge in [-0.2, -0.15) is 0 Å². The van der Waals surface area contributed by atoms with E-state index in [1.54, 1.807) is 0 Å². The van der Waals surface area contributed by atoms with Gasteiger partial charge in [0.15, 0.2) is 0 Å². The number of carboxylic acids is 1. The van der Waals surface area contributed by atoms with Gasteiger partial charge in [-0.05, 0) is 17.5 Å². The summed E-state index contributed by atoms with van der Waals surface area (Å²) in [6, 6.07) is 7.56. The van der Waals surface area contributed by atoms with E-state index in [4.69, 9.17) is 5.11 Å². The number of hydrogen-bond acceptors (Lipinski definition) is 3. The van der Waals surface area contributed by atoms with Crippen molar-refractivity contribution in [3.63, 3.8) is 0 Å². The Morgan fingerprint density at radius 3 is 2.44 bits per heavy atom. The number of carbonyl (C=O) groups is 1. The van der Waals surface area contributed by atoms with E-state index in [0.717, 1.165) is 17.5 Å². The molecule has 0 heterocycles. The van der Waals surface area contributed by atoms with Gasteiger partial charge in [0.1, 0.15) is 0 Å². The highest BCUT2D eigenvalue weighted by Crippen LogP contribution is 2.09. The standard InChI is InChI=1S/C12H17NO4S/c1-2-10-5-3-4-6-11(10)9-13-18(16,17)8-7-12(14)15/h3-6,13H,2,7-9H2,1H3,(H,14,15). The van der Waals surface area contributed by atoms with Crippen LogP contribution in [0.3, 0.4) is 0 Å². The van der Waals surface area contributed by atoms with Gasteiger partial charge in [-0.15, -0.1) is 0 Å². The molecule has 0 aliphatic heterocycles. The lowest BCUT2D eigenvalue weighted by atomic mass is 10.1. The Kier molecular flexibility index (Phi) is 5.30. The summed E-state index contributed by atoms with van der Waals surface area (Å²) in [6.07, 6.45) is 0.442. The Bertz CT molecular complexity index is 511. The van der Waals surface area contributed by atoms with Crippen LogP contribution in [0.15, 0.2) is 24.3 Å². The second kappa shape index (κ2) is 6.51. The highest BCUT2D eigenvalue weighted by molar-refractivity contribution is 7.89. The number of benzene rings is 1. The maximum atomic E-state index is 11.5. The molecule has 1 aromatic rings. The minimum Gasteiger partial charge on any atom is -0.481 e. The lowest BCUT2D eigenvalue weighted by Crippen LogP contribution is -2.27. The van der Waals surface area contributed by atoms with Crippen molar-refractivity contribution in [1.29, 1.82) is 0 Å². The second-order valence-corrected chi connectivity index (χ2v) is 5.83. The maximum Gasteiger partial charge on any atom is 0.304 e. The first kappa shape index (κ1) is 14.7. The van der Waals surface area contributed by atoms with Crippen LogP contribution in [0.2, 0.25) is 0 Å². The van der Waals surface area contributed by atoms with Gasteiger partial charge < -0.3 is 5.11 Å². The molecule has 0 radical (unpaired) electrons. The van der Waals surface area contributed by atoms with Crippen molar-refractivity contribution in [2.45, 2.75) is 26.3 Å². The molecule has 0 amide bonds. The van der Waals surface area contributed by atoms with E-state index in [2.05, 4.69) is 4.72 Å². The van der Waals surface area contributed by atoms with Gasteiger partial charge in [0.05, 0.1) is 12.2 Å². The SMILES string of the molecule is CCc1ccccc1CNS(=O)(=O)CCC(=O)O. The first-order valence-electron chi connectivity index (χ1n) is 5.70. The Hall–Kier alpha value is -1.40. The van der Waals surface area contributed by atoms with Crippen molar-refractivity contribution in [2.75, 3.05) is 5.75 Å². The maximum absolute atomic E-state index is 11.5. The number of rotatable bonds is 7. The van der Waals surface area contributed by atoms with E-state index >= 15 is 0 Å². The number of hydrogen-bond donors (Lipinski definition) is 2. The van der Waals surface area contributed by atoms with Gasteiger partial charge in [0, 0.05) is 6.54 Å². The lowest BCUT2D eigenvalue weighted by Gasteiger charge is -2.09. The summed E-state index contributed by atoms with van der Waals surface area (Å²) in [4.78, 5) is 10.3. The zero-order chi connectivity index (χ0) is 13.6. The van der Waals surface area contributed by atoms with E-state index in [0.29, 0.717) is 0 Å². The average Bonchev–Trinajstić information content (AvgIpc) is 2.34. The van der Waals surface area contributed by atoms with Gasteiger partial charge in [-0.1, -0.05) is 31.2 Å². The summed E-state index contributed by atoms with van der Waals surface area (Å²) >= 11 is 0. The molecule has 0 bridgehead atoms. The predicted octanol–water partition coefficient (Wildman–Crippen LogP) is 1.14. The minimum atomic E-state index is -3.53. The highest BCUT2D eigenvalue weighted by Gasteiger charge is 2.12. The van der Waals surface area contributed by atoms with Crippen molar-refractivity contribution >= 4 is 16.0 Å². The number of sulfonamides is 1. The van der Waals surface area contributed by atoms with Crippen molar-refractivity contribution in [3.8, 4) is 0 Å². The summed E-state index contributed by atoms with van der Waals surface area (Å²) in [5, 5.41) is 8.45.